The summed E-state index contributed by atoms with van der Waals surface area (Å²) in [6, 6.07) is 5.50. The van der Waals surface area contributed by atoms with E-state index in [0.717, 1.165) is 29.8 Å². The molecule has 0 saturated carbocycles. The first-order chi connectivity index (χ1) is 9.56. The van der Waals surface area contributed by atoms with Gasteiger partial charge in [-0.05, 0) is 43.4 Å². The normalized spacial score (nSPS) is 17.0. The first-order valence-electron chi connectivity index (χ1n) is 6.90. The predicted octanol–water partition coefficient (Wildman–Crippen LogP) is 3.25. The quantitative estimate of drug-likeness (QED) is 0.827. The molecule has 0 spiro atoms. The monoisotopic (exact) mass is 272 g/mol. The highest BCUT2D eigenvalue weighted by Crippen LogP contribution is 2.25. The zero-order valence-corrected chi connectivity index (χ0v) is 11.9. The molecule has 0 bridgehead atoms. The van der Waals surface area contributed by atoms with Gasteiger partial charge in [0, 0.05) is 24.7 Å². The Morgan fingerprint density at radius 1 is 1.25 bits per heavy atom. The molecule has 2 rings (SSSR count). The first-order valence-corrected chi connectivity index (χ1v) is 6.90. The summed E-state index contributed by atoms with van der Waals surface area (Å²) in [5.41, 5.74) is 2.36. The molecule has 0 saturated heterocycles. The van der Waals surface area contributed by atoms with Gasteiger partial charge < -0.3 is 10.6 Å². The summed E-state index contributed by atoms with van der Waals surface area (Å²) >= 11 is 0. The Balaban J connectivity index is 2.03. The number of rotatable bonds is 4. The molecule has 1 atom stereocenters. The minimum atomic E-state index is -0.118. The molecule has 2 amide bonds. The van der Waals surface area contributed by atoms with Crippen LogP contribution in [0.15, 0.2) is 30.4 Å². The Morgan fingerprint density at radius 3 is 2.55 bits per heavy atom. The van der Waals surface area contributed by atoms with E-state index in [4.69, 9.17) is 0 Å². The van der Waals surface area contributed by atoms with Crippen LogP contribution in [0.3, 0.4) is 0 Å². The number of carbonyl (C=O) groups excluding carboxylic acids is 2. The molecule has 20 heavy (non-hydrogen) atoms. The van der Waals surface area contributed by atoms with Crippen molar-refractivity contribution in [1.29, 1.82) is 0 Å². The first kappa shape index (κ1) is 14.3. The molecule has 0 aliphatic heterocycles. The predicted molar refractivity (Wildman–Crippen MR) is 80.6 cm³/mol. The molecular formula is C16H20N2O2. The zero-order valence-electron chi connectivity index (χ0n) is 11.9. The maximum atomic E-state index is 12.0. The Morgan fingerprint density at radius 2 is 1.95 bits per heavy atom. The van der Waals surface area contributed by atoms with Gasteiger partial charge in [-0.25, -0.2) is 0 Å². The molecule has 0 radical (unpaired) electrons. The molecule has 0 fully saturated rings. The van der Waals surface area contributed by atoms with Crippen molar-refractivity contribution in [2.45, 2.75) is 33.1 Å². The van der Waals surface area contributed by atoms with Crippen LogP contribution in [0.1, 0.15) is 31.7 Å². The summed E-state index contributed by atoms with van der Waals surface area (Å²) in [7, 11) is 0. The van der Waals surface area contributed by atoms with Gasteiger partial charge in [0.05, 0.1) is 0 Å². The lowest BCUT2D eigenvalue weighted by atomic mass is 10.0. The smallest absolute Gasteiger partial charge is 0.224 e. The van der Waals surface area contributed by atoms with Gasteiger partial charge in [-0.15, -0.1) is 0 Å². The average molecular weight is 272 g/mol. The molecule has 2 N–H and O–H groups in total. The standard InChI is InChI=1S/C16H20N2O2/c1-11-14(17-12(2)19)8-5-9-15(11)18-16(20)10-13-6-3-4-7-13/h3,5-6,8-9,13H,4,7,10H2,1-2H3,(H,17,19)(H,18,20)/t13-/m0/s1. The molecule has 0 unspecified atom stereocenters. The molecule has 106 valence electrons. The number of nitrogens with one attached hydrogen (secondary N) is 2. The number of hydrogen-bond acceptors (Lipinski definition) is 2. The van der Waals surface area contributed by atoms with Crippen LogP contribution in [-0.4, -0.2) is 11.8 Å². The van der Waals surface area contributed by atoms with E-state index in [9.17, 15) is 9.59 Å². The largest absolute Gasteiger partial charge is 0.326 e. The SMILES string of the molecule is CC(=O)Nc1cccc(NC(=O)C[C@H]2C=CCC2)c1C. The van der Waals surface area contributed by atoms with Gasteiger partial charge in [0.1, 0.15) is 0 Å². The van der Waals surface area contributed by atoms with E-state index in [-0.39, 0.29) is 11.8 Å². The second kappa shape index (κ2) is 6.37. The molecule has 1 aliphatic rings. The number of amides is 2. The molecular weight excluding hydrogens is 252 g/mol. The van der Waals surface area contributed by atoms with E-state index in [1.807, 2.05) is 25.1 Å². The summed E-state index contributed by atoms with van der Waals surface area (Å²) in [4.78, 5) is 23.1. The third kappa shape index (κ3) is 3.70. The zero-order chi connectivity index (χ0) is 14.5. The van der Waals surface area contributed by atoms with Crippen LogP contribution < -0.4 is 10.6 Å². The van der Waals surface area contributed by atoms with E-state index in [1.165, 1.54) is 6.92 Å². The Labute approximate surface area is 119 Å². The maximum Gasteiger partial charge on any atom is 0.224 e. The van der Waals surface area contributed by atoms with Gasteiger partial charge in [0.15, 0.2) is 0 Å². The number of benzene rings is 1. The highest BCUT2D eigenvalue weighted by atomic mass is 16.2. The third-order valence-electron chi connectivity index (χ3n) is 3.48. The van der Waals surface area contributed by atoms with Crippen LogP contribution in [0.25, 0.3) is 0 Å². The number of anilines is 2. The summed E-state index contributed by atoms with van der Waals surface area (Å²) in [6.45, 7) is 3.35. The summed E-state index contributed by atoms with van der Waals surface area (Å²) in [6.07, 6.45) is 6.87. The fourth-order valence-electron chi connectivity index (χ4n) is 2.40. The minimum absolute atomic E-state index is 0.0182. The Hall–Kier alpha value is -2.10. The molecule has 0 heterocycles. The highest BCUT2D eigenvalue weighted by molar-refractivity contribution is 5.95. The molecule has 4 heteroatoms. The molecule has 0 aromatic heterocycles. The fourth-order valence-corrected chi connectivity index (χ4v) is 2.40. The molecule has 1 aliphatic carbocycles. The summed E-state index contributed by atoms with van der Waals surface area (Å²) < 4.78 is 0. The fraction of sp³-hybridized carbons (Fsp3) is 0.375. The lowest BCUT2D eigenvalue weighted by Gasteiger charge is -2.14. The van der Waals surface area contributed by atoms with Gasteiger partial charge in [0.25, 0.3) is 0 Å². The van der Waals surface area contributed by atoms with Crippen molar-refractivity contribution in [1.82, 2.24) is 0 Å². The Bertz CT molecular complexity index is 549. The minimum Gasteiger partial charge on any atom is -0.326 e. The number of allylic oxidation sites excluding steroid dienone is 2. The Kier molecular flexibility index (Phi) is 4.56. The van der Waals surface area contributed by atoms with Crippen LogP contribution >= 0.6 is 0 Å². The van der Waals surface area contributed by atoms with Crippen LogP contribution in [0, 0.1) is 12.8 Å². The second-order valence-electron chi connectivity index (χ2n) is 5.18. The van der Waals surface area contributed by atoms with E-state index < -0.39 is 0 Å². The van der Waals surface area contributed by atoms with Crippen molar-refractivity contribution in [3.8, 4) is 0 Å². The van der Waals surface area contributed by atoms with Crippen LogP contribution in [0.2, 0.25) is 0 Å². The van der Waals surface area contributed by atoms with Gasteiger partial charge >= 0.3 is 0 Å². The summed E-state index contributed by atoms with van der Waals surface area (Å²) in [5, 5.41) is 5.69. The maximum absolute atomic E-state index is 12.0. The van der Waals surface area contributed by atoms with Gasteiger partial charge in [-0.1, -0.05) is 18.2 Å². The van der Waals surface area contributed by atoms with E-state index in [1.54, 1.807) is 0 Å². The van der Waals surface area contributed by atoms with Crippen molar-refractivity contribution in [2.75, 3.05) is 10.6 Å². The lowest BCUT2D eigenvalue weighted by molar-refractivity contribution is -0.117. The van der Waals surface area contributed by atoms with Crippen LogP contribution in [-0.2, 0) is 9.59 Å². The molecule has 1 aromatic carbocycles. The summed E-state index contributed by atoms with van der Waals surface area (Å²) in [5.74, 6) is 0.256. The topological polar surface area (TPSA) is 58.2 Å². The van der Waals surface area contributed by atoms with E-state index in [2.05, 4.69) is 22.8 Å². The van der Waals surface area contributed by atoms with Crippen molar-refractivity contribution in [2.24, 2.45) is 5.92 Å². The average Bonchev–Trinajstić information content (AvgIpc) is 2.86. The van der Waals surface area contributed by atoms with Gasteiger partial charge in [-0.2, -0.15) is 0 Å². The van der Waals surface area contributed by atoms with Crippen molar-refractivity contribution in [3.63, 3.8) is 0 Å². The van der Waals surface area contributed by atoms with Crippen LogP contribution in [0.4, 0.5) is 11.4 Å². The molecule has 4 nitrogen and oxygen atoms in total. The van der Waals surface area contributed by atoms with Crippen molar-refractivity contribution < 1.29 is 9.59 Å². The highest BCUT2D eigenvalue weighted by Gasteiger charge is 2.15. The van der Waals surface area contributed by atoms with E-state index in [0.29, 0.717) is 12.3 Å². The number of hydrogen-bond donors (Lipinski definition) is 2. The second-order valence-corrected chi connectivity index (χ2v) is 5.18. The lowest BCUT2D eigenvalue weighted by Crippen LogP contribution is -2.16. The molecule has 1 aromatic rings. The van der Waals surface area contributed by atoms with Gasteiger partial charge in [0.2, 0.25) is 11.8 Å². The van der Waals surface area contributed by atoms with Gasteiger partial charge in [-0.3, -0.25) is 9.59 Å². The van der Waals surface area contributed by atoms with Crippen LogP contribution in [0.5, 0.6) is 0 Å². The van der Waals surface area contributed by atoms with E-state index >= 15 is 0 Å². The number of carbonyl (C=O) groups is 2. The van der Waals surface area contributed by atoms with Crippen molar-refractivity contribution in [3.05, 3.63) is 35.9 Å². The van der Waals surface area contributed by atoms with Crippen molar-refractivity contribution >= 4 is 23.2 Å². The third-order valence-corrected chi connectivity index (χ3v) is 3.48.